The minimum absolute atomic E-state index is 0.0853. The lowest BCUT2D eigenvalue weighted by Crippen LogP contribution is -2.40. The van der Waals surface area contributed by atoms with E-state index in [9.17, 15) is 9.59 Å². The second-order valence-corrected chi connectivity index (χ2v) is 8.25. The molecule has 0 aliphatic carbocycles. The largest absolute Gasteiger partial charge is 0.497 e. The highest BCUT2D eigenvalue weighted by Gasteiger charge is 2.27. The number of nitrogens with zero attached hydrogens (tertiary/aromatic N) is 3. The van der Waals surface area contributed by atoms with Gasteiger partial charge >= 0.3 is 5.97 Å². The van der Waals surface area contributed by atoms with E-state index in [1.807, 2.05) is 35.4 Å². The number of thiazole rings is 1. The average molecular weight is 428 g/mol. The third-order valence-corrected chi connectivity index (χ3v) is 6.54. The van der Waals surface area contributed by atoms with Gasteiger partial charge in [-0.25, -0.2) is 4.98 Å². The van der Waals surface area contributed by atoms with Crippen LogP contribution in [0.3, 0.4) is 0 Å². The van der Waals surface area contributed by atoms with E-state index in [0.29, 0.717) is 38.8 Å². The van der Waals surface area contributed by atoms with Gasteiger partial charge in [0.25, 0.3) is 0 Å². The zero-order valence-electron chi connectivity index (χ0n) is 17.2. The van der Waals surface area contributed by atoms with E-state index in [1.54, 1.807) is 18.4 Å². The molecule has 0 saturated carbocycles. The van der Waals surface area contributed by atoms with E-state index in [0.717, 1.165) is 27.7 Å². The number of carbonyl (C=O) groups is 2. The van der Waals surface area contributed by atoms with Crippen molar-refractivity contribution in [2.45, 2.75) is 25.7 Å². The molecule has 0 unspecified atom stereocenters. The van der Waals surface area contributed by atoms with Crippen molar-refractivity contribution in [3.05, 3.63) is 41.5 Å². The highest BCUT2D eigenvalue weighted by molar-refractivity contribution is 7.15. The summed E-state index contributed by atoms with van der Waals surface area (Å²) >= 11 is 1.58. The number of benzene rings is 1. The van der Waals surface area contributed by atoms with E-state index in [1.165, 1.54) is 7.11 Å². The number of ether oxygens (including phenoxy) is 2. The molecule has 0 atom stereocenters. The van der Waals surface area contributed by atoms with Crippen molar-refractivity contribution in [1.29, 1.82) is 0 Å². The quantitative estimate of drug-likeness (QED) is 0.564. The minimum atomic E-state index is -0.171. The topological polar surface area (TPSA) is 73.1 Å². The van der Waals surface area contributed by atoms with E-state index in [-0.39, 0.29) is 17.8 Å². The lowest BCUT2D eigenvalue weighted by Gasteiger charge is -2.30. The second-order valence-electron chi connectivity index (χ2n) is 7.41. The first-order chi connectivity index (χ1) is 14.6. The first kappa shape index (κ1) is 20.4. The maximum Gasteiger partial charge on any atom is 0.308 e. The lowest BCUT2D eigenvalue weighted by molar-refractivity contribution is -0.148. The number of imidazole rings is 1. The van der Waals surface area contributed by atoms with Gasteiger partial charge in [-0.05, 0) is 43.5 Å². The molecule has 1 aromatic carbocycles. The van der Waals surface area contributed by atoms with Crippen molar-refractivity contribution in [3.63, 3.8) is 0 Å². The van der Waals surface area contributed by atoms with Gasteiger partial charge in [-0.3, -0.25) is 14.0 Å². The number of esters is 1. The van der Waals surface area contributed by atoms with Crippen molar-refractivity contribution in [3.8, 4) is 17.0 Å². The van der Waals surface area contributed by atoms with Gasteiger partial charge < -0.3 is 14.4 Å². The number of methoxy groups -OCH3 is 2. The van der Waals surface area contributed by atoms with Crippen LogP contribution in [0.5, 0.6) is 5.75 Å². The van der Waals surface area contributed by atoms with Crippen LogP contribution in [0.4, 0.5) is 0 Å². The molecule has 3 aromatic rings. The van der Waals surface area contributed by atoms with Gasteiger partial charge in [-0.1, -0.05) is 0 Å². The van der Waals surface area contributed by atoms with Crippen LogP contribution in [0.1, 0.15) is 25.0 Å². The van der Waals surface area contributed by atoms with Crippen LogP contribution in [0.15, 0.2) is 35.8 Å². The van der Waals surface area contributed by atoms with E-state index in [4.69, 9.17) is 14.5 Å². The molecular weight excluding hydrogens is 402 g/mol. The molecule has 30 heavy (non-hydrogen) atoms. The highest BCUT2D eigenvalue weighted by atomic mass is 32.1. The molecule has 7 nitrogen and oxygen atoms in total. The molecule has 0 radical (unpaired) electrons. The maximum atomic E-state index is 12.6. The van der Waals surface area contributed by atoms with Crippen LogP contribution in [-0.4, -0.2) is 53.5 Å². The lowest BCUT2D eigenvalue weighted by atomic mass is 9.97. The van der Waals surface area contributed by atoms with Crippen LogP contribution in [0.2, 0.25) is 0 Å². The Morgan fingerprint density at radius 1 is 1.17 bits per heavy atom. The number of aryl methyl sites for hydroxylation is 1. The molecule has 1 aliphatic rings. The van der Waals surface area contributed by atoms with Gasteiger partial charge in [0, 0.05) is 42.3 Å². The molecule has 8 heteroatoms. The van der Waals surface area contributed by atoms with E-state index >= 15 is 0 Å². The summed E-state index contributed by atoms with van der Waals surface area (Å²) in [6.07, 6.45) is 4.48. The number of piperidine rings is 1. The van der Waals surface area contributed by atoms with Gasteiger partial charge in [0.1, 0.15) is 5.75 Å². The Morgan fingerprint density at radius 2 is 1.90 bits per heavy atom. The zero-order valence-corrected chi connectivity index (χ0v) is 18.0. The van der Waals surface area contributed by atoms with Gasteiger partial charge in [-0.15, -0.1) is 11.3 Å². The Kier molecular flexibility index (Phi) is 6.03. The fourth-order valence-electron chi connectivity index (χ4n) is 3.83. The summed E-state index contributed by atoms with van der Waals surface area (Å²) in [5.74, 6) is 0.691. The number of aromatic nitrogens is 2. The highest BCUT2D eigenvalue weighted by Crippen LogP contribution is 2.26. The summed E-state index contributed by atoms with van der Waals surface area (Å²) < 4.78 is 12.1. The summed E-state index contributed by atoms with van der Waals surface area (Å²) in [6, 6.07) is 7.83. The fourth-order valence-corrected chi connectivity index (χ4v) is 4.74. The van der Waals surface area contributed by atoms with Gasteiger partial charge in [0.2, 0.25) is 5.91 Å². The van der Waals surface area contributed by atoms with Crippen molar-refractivity contribution in [2.24, 2.45) is 5.92 Å². The Bertz CT molecular complexity index is 1030. The monoisotopic (exact) mass is 427 g/mol. The number of carbonyl (C=O) groups excluding carboxylic acids is 2. The predicted molar refractivity (Wildman–Crippen MR) is 115 cm³/mol. The first-order valence-electron chi connectivity index (χ1n) is 10.0. The van der Waals surface area contributed by atoms with Crippen molar-refractivity contribution in [2.75, 3.05) is 27.3 Å². The minimum Gasteiger partial charge on any atom is -0.497 e. The Hall–Kier alpha value is -2.87. The molecule has 0 spiro atoms. The van der Waals surface area contributed by atoms with E-state index in [2.05, 4.69) is 9.78 Å². The summed E-state index contributed by atoms with van der Waals surface area (Å²) in [5, 5.41) is 2.07. The van der Waals surface area contributed by atoms with Gasteiger partial charge in [0.15, 0.2) is 4.96 Å². The fraction of sp³-hybridized carbons (Fsp3) is 0.409. The molecule has 1 fully saturated rings. The number of hydrogen-bond acceptors (Lipinski definition) is 6. The molecule has 1 saturated heterocycles. The SMILES string of the molecule is COC(=O)C1CCN(C(=O)CCc2csc3nc(-c4ccc(OC)cc4)cn23)CC1. The van der Waals surface area contributed by atoms with Crippen molar-refractivity contribution >= 4 is 28.2 Å². The summed E-state index contributed by atoms with van der Waals surface area (Å²) in [5.41, 5.74) is 3.02. The molecule has 1 amide bonds. The van der Waals surface area contributed by atoms with Crippen LogP contribution < -0.4 is 4.74 Å². The first-order valence-corrected chi connectivity index (χ1v) is 10.9. The van der Waals surface area contributed by atoms with Crippen LogP contribution in [-0.2, 0) is 20.7 Å². The number of amides is 1. The standard InChI is InChI=1S/C22H25N3O4S/c1-28-18-6-3-15(4-7-18)19-13-25-17(14-30-22(25)23-19)5-8-20(26)24-11-9-16(10-12-24)21(27)29-2/h3-4,6-7,13-14,16H,5,8-12H2,1-2H3. The van der Waals surface area contributed by atoms with E-state index < -0.39 is 0 Å². The molecule has 3 heterocycles. The Balaban J connectivity index is 1.38. The zero-order chi connectivity index (χ0) is 21.1. The normalized spacial score (nSPS) is 14.8. The molecule has 0 bridgehead atoms. The summed E-state index contributed by atoms with van der Waals surface area (Å²) in [6.45, 7) is 1.23. The maximum absolute atomic E-state index is 12.6. The molecule has 4 rings (SSSR count). The Labute approximate surface area is 179 Å². The van der Waals surface area contributed by atoms with Crippen molar-refractivity contribution < 1.29 is 19.1 Å². The smallest absolute Gasteiger partial charge is 0.308 e. The molecule has 1 aliphatic heterocycles. The van der Waals surface area contributed by atoms with Gasteiger partial charge in [-0.2, -0.15) is 0 Å². The second kappa shape index (κ2) is 8.87. The molecule has 158 valence electrons. The van der Waals surface area contributed by atoms with Crippen molar-refractivity contribution in [1.82, 2.24) is 14.3 Å². The predicted octanol–water partition coefficient (Wildman–Crippen LogP) is 3.42. The average Bonchev–Trinajstić information content (AvgIpc) is 3.38. The number of hydrogen-bond donors (Lipinski definition) is 0. The van der Waals surface area contributed by atoms with Gasteiger partial charge in [0.05, 0.1) is 25.8 Å². The number of likely N-dealkylation sites (tertiary alicyclic amines) is 1. The molecular formula is C22H25N3O4S. The summed E-state index contributed by atoms with van der Waals surface area (Å²) in [7, 11) is 3.06. The summed E-state index contributed by atoms with van der Waals surface area (Å²) in [4.78, 5) is 31.8. The third kappa shape index (κ3) is 4.18. The number of fused-ring (bicyclic) bond motifs is 1. The van der Waals surface area contributed by atoms with Crippen LogP contribution in [0.25, 0.3) is 16.2 Å². The molecule has 2 aromatic heterocycles. The molecule has 0 N–H and O–H groups in total. The van der Waals surface area contributed by atoms with Crippen LogP contribution >= 0.6 is 11.3 Å². The van der Waals surface area contributed by atoms with Crippen LogP contribution in [0, 0.1) is 5.92 Å². The number of rotatable bonds is 6. The Morgan fingerprint density at radius 3 is 2.57 bits per heavy atom. The third-order valence-electron chi connectivity index (χ3n) is 5.65.